The molecule has 1 aromatic carbocycles. The summed E-state index contributed by atoms with van der Waals surface area (Å²) in [7, 11) is 0. The van der Waals surface area contributed by atoms with E-state index in [-0.39, 0.29) is 6.42 Å². The van der Waals surface area contributed by atoms with Gasteiger partial charge in [0.2, 0.25) is 0 Å². The molecule has 5 nitrogen and oxygen atoms in total. The highest BCUT2D eigenvalue weighted by molar-refractivity contribution is 5.76. The quantitative estimate of drug-likeness (QED) is 0.904. The lowest BCUT2D eigenvalue weighted by Gasteiger charge is -2.24. The van der Waals surface area contributed by atoms with Crippen molar-refractivity contribution in [2.45, 2.75) is 32.2 Å². The smallest absolute Gasteiger partial charge is 0.305 e. The van der Waals surface area contributed by atoms with Gasteiger partial charge in [-0.05, 0) is 31.9 Å². The minimum atomic E-state index is -0.776. The molecule has 1 aliphatic carbocycles. The van der Waals surface area contributed by atoms with Crippen LogP contribution >= 0.6 is 0 Å². The van der Waals surface area contributed by atoms with Crippen molar-refractivity contribution in [2.75, 3.05) is 11.4 Å². The van der Waals surface area contributed by atoms with Crippen LogP contribution in [-0.4, -0.2) is 33.6 Å². The van der Waals surface area contributed by atoms with Crippen LogP contribution in [0.2, 0.25) is 0 Å². The molecule has 2 aromatic rings. The van der Waals surface area contributed by atoms with Gasteiger partial charge in [0, 0.05) is 12.6 Å². The number of aromatic nitrogens is 2. The maximum Gasteiger partial charge on any atom is 0.305 e. The van der Waals surface area contributed by atoms with Crippen LogP contribution in [0.5, 0.6) is 0 Å². The lowest BCUT2D eigenvalue weighted by Crippen LogP contribution is -2.30. The molecule has 1 aliphatic rings. The zero-order chi connectivity index (χ0) is 14.1. The van der Waals surface area contributed by atoms with Crippen LogP contribution in [0.4, 0.5) is 5.82 Å². The van der Waals surface area contributed by atoms with Crippen LogP contribution in [0.25, 0.3) is 11.0 Å². The Labute approximate surface area is 117 Å². The largest absolute Gasteiger partial charge is 0.481 e. The molecule has 1 aromatic heterocycles. The molecule has 0 saturated heterocycles. The van der Waals surface area contributed by atoms with Crippen LogP contribution in [0.1, 0.15) is 25.0 Å². The zero-order valence-corrected chi connectivity index (χ0v) is 11.4. The van der Waals surface area contributed by atoms with Gasteiger partial charge < -0.3 is 10.0 Å². The number of carboxylic acid groups (broad SMARTS) is 1. The maximum atomic E-state index is 10.8. The van der Waals surface area contributed by atoms with E-state index >= 15 is 0 Å². The molecule has 1 fully saturated rings. The molecular weight excluding hydrogens is 254 g/mol. The Balaban J connectivity index is 1.97. The molecular formula is C15H17N3O2. The summed E-state index contributed by atoms with van der Waals surface area (Å²) in [5.41, 5.74) is 2.60. The SMILES string of the molecule is Cc1nc2ccccc2nc1N(CCC(=O)O)C1CC1. The second kappa shape index (κ2) is 5.07. The molecule has 0 aliphatic heterocycles. The highest BCUT2D eigenvalue weighted by Crippen LogP contribution is 2.32. The van der Waals surface area contributed by atoms with E-state index in [1.807, 2.05) is 31.2 Å². The molecule has 3 rings (SSSR count). The number of rotatable bonds is 5. The summed E-state index contributed by atoms with van der Waals surface area (Å²) in [6.07, 6.45) is 2.34. The number of carbonyl (C=O) groups is 1. The molecule has 0 unspecified atom stereocenters. The van der Waals surface area contributed by atoms with Crippen LogP contribution < -0.4 is 4.90 Å². The lowest BCUT2D eigenvalue weighted by molar-refractivity contribution is -0.136. The second-order valence-electron chi connectivity index (χ2n) is 5.19. The number of para-hydroxylation sites is 2. The standard InChI is InChI=1S/C15H17N3O2/c1-10-15(17-13-5-3-2-4-12(13)16-10)18(11-6-7-11)9-8-14(19)20/h2-5,11H,6-9H2,1H3,(H,19,20). The predicted octanol–water partition coefficient (Wildman–Crippen LogP) is 2.38. The van der Waals surface area contributed by atoms with Gasteiger partial charge in [0.05, 0.1) is 23.1 Å². The Bertz CT molecular complexity index is 653. The summed E-state index contributed by atoms with van der Waals surface area (Å²) in [5, 5.41) is 8.89. The first-order valence-corrected chi connectivity index (χ1v) is 6.87. The van der Waals surface area contributed by atoms with Crippen molar-refractivity contribution in [3.8, 4) is 0 Å². The maximum absolute atomic E-state index is 10.8. The second-order valence-corrected chi connectivity index (χ2v) is 5.19. The minimum absolute atomic E-state index is 0.129. The normalized spacial score (nSPS) is 14.4. The van der Waals surface area contributed by atoms with Crippen molar-refractivity contribution < 1.29 is 9.90 Å². The van der Waals surface area contributed by atoms with Crippen LogP contribution in [0, 0.1) is 6.92 Å². The van der Waals surface area contributed by atoms with Gasteiger partial charge in [-0.25, -0.2) is 9.97 Å². The van der Waals surface area contributed by atoms with Gasteiger partial charge in [-0.2, -0.15) is 0 Å². The Hall–Kier alpha value is -2.17. The van der Waals surface area contributed by atoms with Crippen molar-refractivity contribution in [3.63, 3.8) is 0 Å². The molecule has 1 N–H and O–H groups in total. The van der Waals surface area contributed by atoms with Crippen LogP contribution in [-0.2, 0) is 4.79 Å². The van der Waals surface area contributed by atoms with Crippen molar-refractivity contribution >= 4 is 22.8 Å². The number of nitrogens with zero attached hydrogens (tertiary/aromatic N) is 3. The highest BCUT2D eigenvalue weighted by atomic mass is 16.4. The number of hydrogen-bond acceptors (Lipinski definition) is 4. The third-order valence-corrected chi connectivity index (χ3v) is 3.55. The van der Waals surface area contributed by atoms with E-state index < -0.39 is 5.97 Å². The third-order valence-electron chi connectivity index (χ3n) is 3.55. The Morgan fingerprint density at radius 1 is 1.30 bits per heavy atom. The van der Waals surface area contributed by atoms with Gasteiger partial charge in [-0.1, -0.05) is 12.1 Å². The van der Waals surface area contributed by atoms with Gasteiger partial charge in [0.25, 0.3) is 0 Å². The molecule has 1 saturated carbocycles. The number of carboxylic acids is 1. The average Bonchev–Trinajstić information content (AvgIpc) is 3.23. The molecule has 0 atom stereocenters. The third kappa shape index (κ3) is 2.57. The molecule has 0 bridgehead atoms. The van der Waals surface area contributed by atoms with Crippen LogP contribution in [0.15, 0.2) is 24.3 Å². The monoisotopic (exact) mass is 271 g/mol. The first-order chi connectivity index (χ1) is 9.65. The number of aryl methyl sites for hydroxylation is 1. The molecule has 0 spiro atoms. The average molecular weight is 271 g/mol. The van der Waals surface area contributed by atoms with Crippen LogP contribution in [0.3, 0.4) is 0 Å². The summed E-state index contributed by atoms with van der Waals surface area (Å²) in [4.78, 5) is 22.2. The predicted molar refractivity (Wildman–Crippen MR) is 76.9 cm³/mol. The van der Waals surface area contributed by atoms with E-state index in [2.05, 4.69) is 14.9 Å². The Morgan fingerprint density at radius 3 is 2.55 bits per heavy atom. The number of benzene rings is 1. The molecule has 5 heteroatoms. The number of anilines is 1. The minimum Gasteiger partial charge on any atom is -0.481 e. The van der Waals surface area contributed by atoms with Gasteiger partial charge in [-0.15, -0.1) is 0 Å². The number of hydrogen-bond donors (Lipinski definition) is 1. The summed E-state index contributed by atoms with van der Waals surface area (Å²) in [6, 6.07) is 8.18. The molecule has 0 radical (unpaired) electrons. The summed E-state index contributed by atoms with van der Waals surface area (Å²) in [6.45, 7) is 2.43. The van der Waals surface area contributed by atoms with E-state index in [1.165, 1.54) is 0 Å². The fourth-order valence-electron chi connectivity index (χ4n) is 2.41. The van der Waals surface area contributed by atoms with Gasteiger partial charge in [0.15, 0.2) is 5.82 Å². The highest BCUT2D eigenvalue weighted by Gasteiger charge is 2.31. The Kier molecular flexibility index (Phi) is 3.26. The van der Waals surface area contributed by atoms with Gasteiger partial charge >= 0.3 is 5.97 Å². The van der Waals surface area contributed by atoms with Crippen molar-refractivity contribution in [1.82, 2.24) is 9.97 Å². The van der Waals surface area contributed by atoms with Gasteiger partial charge in [-0.3, -0.25) is 4.79 Å². The van der Waals surface area contributed by atoms with Crippen molar-refractivity contribution in [1.29, 1.82) is 0 Å². The first kappa shape index (κ1) is 12.8. The zero-order valence-electron chi connectivity index (χ0n) is 11.4. The fraction of sp³-hybridized carbons (Fsp3) is 0.400. The van der Waals surface area contributed by atoms with Crippen molar-refractivity contribution in [2.24, 2.45) is 0 Å². The van der Waals surface area contributed by atoms with E-state index in [0.29, 0.717) is 12.6 Å². The van der Waals surface area contributed by atoms with E-state index in [9.17, 15) is 4.79 Å². The number of fused-ring (bicyclic) bond motifs is 1. The molecule has 104 valence electrons. The fourth-order valence-corrected chi connectivity index (χ4v) is 2.41. The molecule has 0 amide bonds. The molecule has 1 heterocycles. The molecule has 20 heavy (non-hydrogen) atoms. The Morgan fingerprint density at radius 2 is 1.95 bits per heavy atom. The number of aliphatic carboxylic acids is 1. The summed E-state index contributed by atoms with van der Waals surface area (Å²) in [5.74, 6) is 0.0505. The first-order valence-electron chi connectivity index (χ1n) is 6.87. The summed E-state index contributed by atoms with van der Waals surface area (Å²) < 4.78 is 0. The summed E-state index contributed by atoms with van der Waals surface area (Å²) >= 11 is 0. The lowest BCUT2D eigenvalue weighted by atomic mass is 10.2. The van der Waals surface area contributed by atoms with E-state index in [0.717, 1.165) is 35.4 Å². The topological polar surface area (TPSA) is 66.3 Å². The van der Waals surface area contributed by atoms with Gasteiger partial charge in [0.1, 0.15) is 0 Å². The van der Waals surface area contributed by atoms with Crippen molar-refractivity contribution in [3.05, 3.63) is 30.0 Å². The van der Waals surface area contributed by atoms with E-state index in [4.69, 9.17) is 5.11 Å². The van der Waals surface area contributed by atoms with E-state index in [1.54, 1.807) is 0 Å².